The molecule has 272 valence electrons. The zero-order valence-corrected chi connectivity index (χ0v) is 31.7. The monoisotopic (exact) mass is 657 g/mol. The summed E-state index contributed by atoms with van der Waals surface area (Å²) in [6.45, 7) is 19.6. The Labute approximate surface area is 290 Å². The van der Waals surface area contributed by atoms with E-state index in [1.807, 2.05) is 6.92 Å². The van der Waals surface area contributed by atoms with Crippen molar-refractivity contribution < 1.29 is 9.53 Å². The number of unbranched alkanes of at least 4 members (excludes halogenated alkanes) is 1. The Morgan fingerprint density at radius 3 is 2.43 bits per heavy atom. The molecule has 0 bridgehead atoms. The van der Waals surface area contributed by atoms with Gasteiger partial charge in [-0.15, -0.1) is 0 Å². The first-order valence-corrected chi connectivity index (χ1v) is 20.3. The van der Waals surface area contributed by atoms with Gasteiger partial charge >= 0.3 is 5.97 Å². The molecule has 5 N–H and O–H groups in total. The van der Waals surface area contributed by atoms with Crippen molar-refractivity contribution in [1.29, 1.82) is 0 Å². The fraction of sp³-hybridized carbons (Fsp3) is 0.927. The second kappa shape index (κ2) is 18.3. The second-order valence-corrected chi connectivity index (χ2v) is 17.2. The smallest absolute Gasteiger partial charge is 0.323 e. The van der Waals surface area contributed by atoms with E-state index in [0.717, 1.165) is 107 Å². The minimum absolute atomic E-state index is 0.0198. The Morgan fingerprint density at radius 2 is 1.70 bits per heavy atom. The molecule has 0 saturated heterocycles. The van der Waals surface area contributed by atoms with E-state index in [4.69, 9.17) is 16.2 Å². The molecule has 0 heterocycles. The van der Waals surface area contributed by atoms with Gasteiger partial charge in [0.15, 0.2) is 0 Å². The molecule has 9 atom stereocenters. The normalized spacial score (nSPS) is 33.2. The Bertz CT molecular complexity index is 984. The van der Waals surface area contributed by atoms with Crippen molar-refractivity contribution in [1.82, 2.24) is 10.2 Å². The number of ether oxygens (including phenoxy) is 1. The highest BCUT2D eigenvalue weighted by atomic mass is 16.5. The molecule has 4 aliphatic carbocycles. The molecule has 0 radical (unpaired) electrons. The lowest BCUT2D eigenvalue weighted by Crippen LogP contribution is -2.51. The molecule has 4 aliphatic rings. The SMILES string of the molecule is CCC(CCCC1CCC2C3CC=C4CC(OC(=O)C(C)N(CCCN)CCCCNCCCN)CCC4(C)C3CCC12C)C(C)C. The third-order valence-electron chi connectivity index (χ3n) is 14.3. The van der Waals surface area contributed by atoms with Crippen LogP contribution in [0, 0.1) is 46.3 Å². The van der Waals surface area contributed by atoms with Crippen molar-refractivity contribution in [3.63, 3.8) is 0 Å². The van der Waals surface area contributed by atoms with E-state index < -0.39 is 0 Å². The van der Waals surface area contributed by atoms with E-state index in [0.29, 0.717) is 12.0 Å². The molecular weight excluding hydrogens is 580 g/mol. The van der Waals surface area contributed by atoms with Gasteiger partial charge in [-0.1, -0.05) is 65.5 Å². The number of allylic oxidation sites excluding steroid dienone is 1. The van der Waals surface area contributed by atoms with E-state index in [9.17, 15) is 4.79 Å². The van der Waals surface area contributed by atoms with Gasteiger partial charge in [0.05, 0.1) is 0 Å². The third kappa shape index (κ3) is 9.44. The van der Waals surface area contributed by atoms with Crippen LogP contribution >= 0.6 is 0 Å². The van der Waals surface area contributed by atoms with E-state index in [2.05, 4.69) is 50.9 Å². The van der Waals surface area contributed by atoms with Crippen molar-refractivity contribution in [2.45, 2.75) is 156 Å². The van der Waals surface area contributed by atoms with Crippen LogP contribution in [0.3, 0.4) is 0 Å². The number of hydrogen-bond acceptors (Lipinski definition) is 6. The number of nitrogens with two attached hydrogens (primary N) is 2. The molecule has 3 fully saturated rings. The topological polar surface area (TPSA) is 93.6 Å². The first-order valence-electron chi connectivity index (χ1n) is 20.3. The first-order chi connectivity index (χ1) is 22.6. The molecule has 0 spiro atoms. The van der Waals surface area contributed by atoms with Crippen molar-refractivity contribution in [3.05, 3.63) is 11.6 Å². The molecule has 0 aromatic carbocycles. The predicted octanol–water partition coefficient (Wildman–Crippen LogP) is 8.09. The largest absolute Gasteiger partial charge is 0.461 e. The quantitative estimate of drug-likeness (QED) is 0.0697. The maximum absolute atomic E-state index is 13.5. The molecule has 6 nitrogen and oxygen atoms in total. The number of carbonyl (C=O) groups is 1. The van der Waals surface area contributed by atoms with Gasteiger partial charge in [-0.2, -0.15) is 0 Å². The Hall–Kier alpha value is -0.950. The average molecular weight is 657 g/mol. The fourth-order valence-electron chi connectivity index (χ4n) is 11.1. The summed E-state index contributed by atoms with van der Waals surface area (Å²) in [4.78, 5) is 15.8. The van der Waals surface area contributed by atoms with Gasteiger partial charge in [-0.3, -0.25) is 9.69 Å². The molecule has 0 aliphatic heterocycles. The zero-order chi connectivity index (χ0) is 34.0. The summed E-state index contributed by atoms with van der Waals surface area (Å²) in [5.74, 6) is 5.14. The lowest BCUT2D eigenvalue weighted by Gasteiger charge is -2.58. The predicted molar refractivity (Wildman–Crippen MR) is 198 cm³/mol. The highest BCUT2D eigenvalue weighted by molar-refractivity contribution is 5.75. The van der Waals surface area contributed by atoms with Gasteiger partial charge < -0.3 is 21.5 Å². The van der Waals surface area contributed by atoms with Crippen LogP contribution in [-0.4, -0.2) is 62.3 Å². The van der Waals surface area contributed by atoms with Crippen LogP contribution in [0.25, 0.3) is 0 Å². The third-order valence-corrected chi connectivity index (χ3v) is 14.3. The summed E-state index contributed by atoms with van der Waals surface area (Å²) in [6, 6.07) is -0.227. The average Bonchev–Trinajstić information content (AvgIpc) is 3.39. The van der Waals surface area contributed by atoms with Crippen LogP contribution in [0.5, 0.6) is 0 Å². The zero-order valence-electron chi connectivity index (χ0n) is 31.7. The van der Waals surface area contributed by atoms with Crippen LogP contribution in [-0.2, 0) is 9.53 Å². The molecule has 0 aromatic rings. The van der Waals surface area contributed by atoms with E-state index >= 15 is 0 Å². The molecular formula is C41H76N4O2. The maximum Gasteiger partial charge on any atom is 0.323 e. The van der Waals surface area contributed by atoms with E-state index in [1.54, 1.807) is 5.57 Å². The molecule has 9 unspecified atom stereocenters. The highest BCUT2D eigenvalue weighted by Crippen LogP contribution is 2.67. The van der Waals surface area contributed by atoms with Crippen LogP contribution < -0.4 is 16.8 Å². The van der Waals surface area contributed by atoms with Crippen molar-refractivity contribution in [2.24, 2.45) is 57.8 Å². The minimum Gasteiger partial charge on any atom is -0.461 e. The molecule has 0 aromatic heterocycles. The number of rotatable bonds is 20. The standard InChI is InChI=1S/C41H76N4O2/c1-7-32(30(2)3)13-10-14-33-16-18-37-36-17-15-34-29-35(19-21-41(34,6)38(36)20-22-40(33,37)5)47-39(46)31(4)45(28-12-24-43)27-9-8-25-44-26-11-23-42/h15,30-33,35-38,44H,7-14,16-29,42-43H2,1-6H3. The fourth-order valence-corrected chi connectivity index (χ4v) is 11.1. The summed E-state index contributed by atoms with van der Waals surface area (Å²) in [6.07, 6.45) is 22.5. The maximum atomic E-state index is 13.5. The van der Waals surface area contributed by atoms with Gasteiger partial charge in [0.25, 0.3) is 0 Å². The van der Waals surface area contributed by atoms with Crippen LogP contribution in [0.2, 0.25) is 0 Å². The summed E-state index contributed by atoms with van der Waals surface area (Å²) in [5, 5.41) is 3.47. The molecule has 0 amide bonds. The van der Waals surface area contributed by atoms with Gasteiger partial charge in [-0.05, 0) is 163 Å². The summed E-state index contributed by atoms with van der Waals surface area (Å²) in [5.41, 5.74) is 13.9. The number of nitrogens with zero attached hydrogens (tertiary/aromatic N) is 1. The van der Waals surface area contributed by atoms with Crippen molar-refractivity contribution in [2.75, 3.05) is 39.3 Å². The van der Waals surface area contributed by atoms with Crippen LogP contribution in [0.4, 0.5) is 0 Å². The lowest BCUT2D eigenvalue weighted by molar-refractivity contribution is -0.157. The Balaban J connectivity index is 1.30. The van der Waals surface area contributed by atoms with Crippen LogP contribution in [0.1, 0.15) is 144 Å². The molecule has 3 saturated carbocycles. The van der Waals surface area contributed by atoms with Gasteiger partial charge in [0.2, 0.25) is 0 Å². The minimum atomic E-state index is -0.227. The second-order valence-electron chi connectivity index (χ2n) is 17.2. The number of fused-ring (bicyclic) bond motifs is 5. The summed E-state index contributed by atoms with van der Waals surface area (Å²) >= 11 is 0. The number of carbonyl (C=O) groups excluding carboxylic acids is 1. The molecule has 47 heavy (non-hydrogen) atoms. The number of hydrogen-bond donors (Lipinski definition) is 3. The summed E-state index contributed by atoms with van der Waals surface area (Å²) < 4.78 is 6.32. The van der Waals surface area contributed by atoms with Crippen molar-refractivity contribution >= 4 is 5.97 Å². The van der Waals surface area contributed by atoms with Gasteiger partial charge in [-0.25, -0.2) is 0 Å². The molecule has 6 heteroatoms. The van der Waals surface area contributed by atoms with Gasteiger partial charge in [0, 0.05) is 13.0 Å². The Kier molecular flexibility index (Phi) is 15.2. The van der Waals surface area contributed by atoms with Crippen molar-refractivity contribution in [3.8, 4) is 0 Å². The van der Waals surface area contributed by atoms with Gasteiger partial charge in [0.1, 0.15) is 12.1 Å². The lowest BCUT2D eigenvalue weighted by atomic mass is 9.47. The molecule has 4 rings (SSSR count). The first kappa shape index (κ1) is 38.8. The number of esters is 1. The highest BCUT2D eigenvalue weighted by Gasteiger charge is 2.58. The van der Waals surface area contributed by atoms with Crippen LogP contribution in [0.15, 0.2) is 11.6 Å². The van der Waals surface area contributed by atoms with E-state index in [1.165, 1.54) is 64.2 Å². The Morgan fingerprint density at radius 1 is 0.957 bits per heavy atom. The van der Waals surface area contributed by atoms with E-state index in [-0.39, 0.29) is 23.5 Å². The number of nitrogens with one attached hydrogen (secondary N) is 1. The summed E-state index contributed by atoms with van der Waals surface area (Å²) in [7, 11) is 0.